The van der Waals surface area contributed by atoms with Crippen LogP contribution in [0.1, 0.15) is 71.6 Å². The van der Waals surface area contributed by atoms with Gasteiger partial charge in [0.2, 0.25) is 0 Å². The van der Waals surface area contributed by atoms with E-state index in [2.05, 4.69) is 93.6 Å². The number of hydrogen-bond donors (Lipinski definition) is 1. The average Bonchev–Trinajstić information content (AvgIpc) is 3.50. The largest absolute Gasteiger partial charge is 0.497 e. The van der Waals surface area contributed by atoms with Crippen molar-refractivity contribution in [1.29, 1.82) is 0 Å². The summed E-state index contributed by atoms with van der Waals surface area (Å²) in [6.45, 7) is 8.54. The van der Waals surface area contributed by atoms with Crippen LogP contribution in [-0.4, -0.2) is 71.5 Å². The molecule has 0 spiro atoms. The lowest BCUT2D eigenvalue weighted by Gasteiger charge is -2.39. The second-order valence-electron chi connectivity index (χ2n) is 15.1. The summed E-state index contributed by atoms with van der Waals surface area (Å²) in [5.41, 5.74) is 7.93. The predicted octanol–water partition coefficient (Wildman–Crippen LogP) is 9.21. The Morgan fingerprint density at radius 2 is 1.33 bits per heavy atom. The molecule has 1 unspecified atom stereocenters. The van der Waals surface area contributed by atoms with Crippen molar-refractivity contribution in [3.8, 4) is 28.4 Å². The number of fused-ring (bicyclic) bond motifs is 8. The normalized spacial score (nSPS) is 16.0. The highest BCUT2D eigenvalue weighted by Crippen LogP contribution is 2.59. The van der Waals surface area contributed by atoms with Crippen molar-refractivity contribution in [2.24, 2.45) is 0 Å². The number of carbonyl (C=O) groups excluding carboxylic acids is 1. The first-order valence-corrected chi connectivity index (χ1v) is 20.2. The van der Waals surface area contributed by atoms with E-state index in [0.717, 1.165) is 84.5 Å². The lowest BCUT2D eigenvalue weighted by atomic mass is 9.80. The Morgan fingerprint density at radius 1 is 0.707 bits per heavy atom. The quantitative estimate of drug-likeness (QED) is 0.0649. The Morgan fingerprint density at radius 3 is 1.98 bits per heavy atom. The Kier molecular flexibility index (Phi) is 12.8. The van der Waals surface area contributed by atoms with Gasteiger partial charge in [-0.3, -0.25) is 4.79 Å². The zero-order chi connectivity index (χ0) is 40.7. The Bertz CT molecular complexity index is 2200. The van der Waals surface area contributed by atoms with Crippen molar-refractivity contribution in [2.45, 2.75) is 57.7 Å². The monoisotopic (exact) mass is 786 g/mol. The minimum Gasteiger partial charge on any atom is -0.497 e. The van der Waals surface area contributed by atoms with E-state index in [4.69, 9.17) is 38.3 Å². The van der Waals surface area contributed by atoms with Gasteiger partial charge in [0.1, 0.15) is 29.5 Å². The van der Waals surface area contributed by atoms with Gasteiger partial charge in [-0.15, -0.1) is 0 Å². The minimum atomic E-state index is -0.950. The highest BCUT2D eigenvalue weighted by molar-refractivity contribution is 6.08. The van der Waals surface area contributed by atoms with Gasteiger partial charge in [0.25, 0.3) is 0 Å². The number of ether oxygens (including phenoxy) is 7. The number of aliphatic hydroxyl groups is 1. The van der Waals surface area contributed by atoms with Gasteiger partial charge in [-0.1, -0.05) is 78.2 Å². The summed E-state index contributed by atoms with van der Waals surface area (Å²) in [4.78, 5) is 11.9. The molecule has 0 amide bonds. The molecule has 304 valence electrons. The fraction of sp³-hybridized carbons (Fsp3) is 0.367. The Labute approximate surface area is 341 Å². The van der Waals surface area contributed by atoms with Gasteiger partial charge in [-0.25, -0.2) is 0 Å². The maximum absolute atomic E-state index is 11.9. The molecular formula is C49H54O9. The molecule has 9 heteroatoms. The molecule has 5 aromatic carbocycles. The predicted molar refractivity (Wildman–Crippen MR) is 226 cm³/mol. The van der Waals surface area contributed by atoms with Crippen LogP contribution < -0.4 is 14.2 Å². The van der Waals surface area contributed by atoms with Crippen LogP contribution in [0, 0.1) is 13.8 Å². The van der Waals surface area contributed by atoms with Crippen LogP contribution >= 0.6 is 0 Å². The molecule has 0 saturated carbocycles. The van der Waals surface area contributed by atoms with E-state index in [1.165, 1.54) is 0 Å². The first kappa shape index (κ1) is 41.0. The van der Waals surface area contributed by atoms with Crippen LogP contribution in [0.25, 0.3) is 28.0 Å². The van der Waals surface area contributed by atoms with Gasteiger partial charge in [0.05, 0.1) is 47.3 Å². The second kappa shape index (κ2) is 18.2. The molecule has 0 aromatic heterocycles. The van der Waals surface area contributed by atoms with Crippen LogP contribution in [0.3, 0.4) is 0 Å². The third kappa shape index (κ3) is 8.22. The molecule has 0 bridgehead atoms. The number of carbonyl (C=O) groups is 1. The molecule has 0 fully saturated rings. The van der Waals surface area contributed by atoms with Crippen LogP contribution in [0.2, 0.25) is 0 Å². The Balaban J connectivity index is 1.16. The lowest BCUT2D eigenvalue weighted by molar-refractivity contribution is -0.145. The standard InChI is InChI=1S/C49H54O9/c1-33-10-20-39-42(31-33)47-41(22-23-49(58-47,35-12-16-37(52-4)17-13-35)36-14-18-38(53-5)19-15-36)46-45(39)40-21-11-34(2)32-43(40)48(46,3)57-30-28-55-26-25-54-27-29-56-44(51)9-7-6-8-24-50/h10-23,31-32,50H,6-9,24-30H2,1-5H3. The van der Waals surface area contributed by atoms with E-state index < -0.39 is 11.2 Å². The molecule has 9 nitrogen and oxygen atoms in total. The first-order valence-electron chi connectivity index (χ1n) is 20.2. The summed E-state index contributed by atoms with van der Waals surface area (Å²) in [5.74, 6) is 2.09. The zero-order valence-corrected chi connectivity index (χ0v) is 34.2. The van der Waals surface area contributed by atoms with Crippen LogP contribution in [-0.2, 0) is 34.9 Å². The average molecular weight is 787 g/mol. The van der Waals surface area contributed by atoms with E-state index in [1.54, 1.807) is 14.2 Å². The molecule has 0 radical (unpaired) electrons. The number of benzene rings is 5. The lowest BCUT2D eigenvalue weighted by Crippen LogP contribution is -2.35. The van der Waals surface area contributed by atoms with E-state index >= 15 is 0 Å². The second-order valence-corrected chi connectivity index (χ2v) is 15.1. The molecule has 1 aliphatic carbocycles. The van der Waals surface area contributed by atoms with Gasteiger partial charge in [-0.2, -0.15) is 0 Å². The van der Waals surface area contributed by atoms with Gasteiger partial charge >= 0.3 is 5.97 Å². The molecule has 0 saturated heterocycles. The van der Waals surface area contributed by atoms with Crippen LogP contribution in [0.15, 0.2) is 91.0 Å². The van der Waals surface area contributed by atoms with Gasteiger partial charge in [-0.05, 0) is 92.1 Å². The number of methoxy groups -OCH3 is 2. The smallest absolute Gasteiger partial charge is 0.305 e. The van der Waals surface area contributed by atoms with E-state index in [9.17, 15) is 4.79 Å². The summed E-state index contributed by atoms with van der Waals surface area (Å²) >= 11 is 0. The zero-order valence-electron chi connectivity index (χ0n) is 34.2. The number of hydrogen-bond acceptors (Lipinski definition) is 9. The van der Waals surface area contributed by atoms with Crippen molar-refractivity contribution in [2.75, 3.05) is 60.5 Å². The maximum Gasteiger partial charge on any atom is 0.305 e. The summed E-state index contributed by atoms with van der Waals surface area (Å²) in [6, 6.07) is 29.4. The minimum absolute atomic E-state index is 0.143. The highest BCUT2D eigenvalue weighted by atomic mass is 16.6. The molecule has 5 aromatic rings. The summed E-state index contributed by atoms with van der Waals surface area (Å²) < 4.78 is 42.4. The number of esters is 1. The molecule has 1 aliphatic heterocycles. The van der Waals surface area contributed by atoms with Crippen LogP contribution in [0.5, 0.6) is 17.2 Å². The summed E-state index contributed by atoms with van der Waals surface area (Å²) in [7, 11) is 3.34. The van der Waals surface area contributed by atoms with Crippen molar-refractivity contribution in [3.05, 3.63) is 130 Å². The third-order valence-electron chi connectivity index (χ3n) is 11.2. The van der Waals surface area contributed by atoms with E-state index in [0.29, 0.717) is 52.3 Å². The van der Waals surface area contributed by atoms with Crippen molar-refractivity contribution >= 4 is 22.8 Å². The number of aryl methyl sites for hydroxylation is 2. The molecule has 1 atom stereocenters. The van der Waals surface area contributed by atoms with Crippen LogP contribution in [0.4, 0.5) is 0 Å². The molecule has 7 rings (SSSR count). The topological polar surface area (TPSA) is 102 Å². The highest BCUT2D eigenvalue weighted by Gasteiger charge is 2.47. The molecule has 1 heterocycles. The van der Waals surface area contributed by atoms with E-state index in [1.807, 2.05) is 24.3 Å². The molecule has 1 N–H and O–H groups in total. The first-order chi connectivity index (χ1) is 28.2. The number of aliphatic hydroxyl groups excluding tert-OH is 1. The number of rotatable bonds is 19. The maximum atomic E-state index is 11.9. The van der Waals surface area contributed by atoms with Gasteiger partial charge in [0.15, 0.2) is 5.60 Å². The van der Waals surface area contributed by atoms with Crippen molar-refractivity contribution in [3.63, 3.8) is 0 Å². The third-order valence-corrected chi connectivity index (χ3v) is 11.2. The van der Waals surface area contributed by atoms with Crippen molar-refractivity contribution < 1.29 is 43.1 Å². The molecule has 58 heavy (non-hydrogen) atoms. The summed E-state index contributed by atoms with van der Waals surface area (Å²) in [5, 5.41) is 11.0. The number of unbranched alkanes of at least 4 members (excludes halogenated alkanes) is 2. The molecular weight excluding hydrogens is 733 g/mol. The molecule has 2 aliphatic rings. The van der Waals surface area contributed by atoms with Gasteiger partial charge in [0, 0.05) is 40.7 Å². The Hall–Kier alpha value is -5.19. The van der Waals surface area contributed by atoms with Crippen molar-refractivity contribution in [1.82, 2.24) is 0 Å². The van der Waals surface area contributed by atoms with Gasteiger partial charge < -0.3 is 38.3 Å². The summed E-state index contributed by atoms with van der Waals surface area (Å²) in [6.07, 6.45) is 6.96. The fourth-order valence-electron chi connectivity index (χ4n) is 8.21. The fourth-order valence-corrected chi connectivity index (χ4v) is 8.21. The van der Waals surface area contributed by atoms with E-state index in [-0.39, 0.29) is 19.2 Å². The SMILES string of the molecule is COc1ccc(C2(c3ccc(OC)cc3)C=Cc3c4c(c5ccc(C)cc5c3O2)-c2ccc(C)cc2C4(C)OCCOCCOCCOC(=O)CCCCCO)cc1.